The van der Waals surface area contributed by atoms with E-state index in [2.05, 4.69) is 36.6 Å². The molecule has 19 heavy (non-hydrogen) atoms. The first-order valence-corrected chi connectivity index (χ1v) is 7.24. The highest BCUT2D eigenvalue weighted by atomic mass is 16.1. The molecule has 0 saturated heterocycles. The van der Waals surface area contributed by atoms with Gasteiger partial charge in [-0.3, -0.25) is 4.79 Å². The summed E-state index contributed by atoms with van der Waals surface area (Å²) in [5.41, 5.74) is 2.43. The van der Waals surface area contributed by atoms with Crippen LogP contribution in [-0.2, 0) is 11.3 Å². The zero-order chi connectivity index (χ0) is 13.7. The zero-order valence-electron chi connectivity index (χ0n) is 11.9. The molecule has 2 rings (SSSR count). The van der Waals surface area contributed by atoms with E-state index in [0.717, 1.165) is 26.1 Å². The van der Waals surface area contributed by atoms with Gasteiger partial charge in [-0.25, -0.2) is 0 Å². The Bertz CT molecular complexity index is 429. The van der Waals surface area contributed by atoms with Gasteiger partial charge in [0.15, 0.2) is 0 Å². The highest BCUT2D eigenvalue weighted by molar-refractivity contribution is 5.84. The van der Waals surface area contributed by atoms with Gasteiger partial charge in [0.1, 0.15) is 0 Å². The Hall–Kier alpha value is -1.35. The number of nitrogens with one attached hydrogen (secondary N) is 2. The Balaban J connectivity index is 1.90. The molecule has 2 N–H and O–H groups in total. The summed E-state index contributed by atoms with van der Waals surface area (Å²) < 4.78 is 0. The van der Waals surface area contributed by atoms with E-state index in [1.54, 1.807) is 0 Å². The molecule has 3 heteroatoms. The lowest BCUT2D eigenvalue weighted by atomic mass is 9.90. The molecule has 1 unspecified atom stereocenters. The van der Waals surface area contributed by atoms with E-state index in [9.17, 15) is 4.79 Å². The average molecular weight is 260 g/mol. The molecule has 1 aromatic rings. The first-order chi connectivity index (χ1) is 9.18. The molecule has 0 saturated carbocycles. The predicted octanol–water partition coefficient (Wildman–Crippen LogP) is 2.43. The van der Waals surface area contributed by atoms with Crippen molar-refractivity contribution in [2.75, 3.05) is 13.1 Å². The minimum Gasteiger partial charge on any atom is -0.356 e. The number of carbonyl (C=O) groups is 1. The van der Waals surface area contributed by atoms with Crippen molar-refractivity contribution >= 4 is 5.91 Å². The number of fused-ring (bicyclic) bond motifs is 1. The SMILES string of the molecule is CC(C)CCCNC(=O)C1CNCc2ccccc21. The normalized spacial score (nSPS) is 18.2. The summed E-state index contributed by atoms with van der Waals surface area (Å²) in [7, 11) is 0. The van der Waals surface area contributed by atoms with E-state index >= 15 is 0 Å². The minimum atomic E-state index is -0.0380. The van der Waals surface area contributed by atoms with Gasteiger partial charge in [-0.2, -0.15) is 0 Å². The van der Waals surface area contributed by atoms with Crippen LogP contribution in [0.25, 0.3) is 0 Å². The number of hydrogen-bond donors (Lipinski definition) is 2. The third-order valence-corrected chi connectivity index (χ3v) is 3.67. The van der Waals surface area contributed by atoms with Crippen molar-refractivity contribution in [2.24, 2.45) is 5.92 Å². The monoisotopic (exact) mass is 260 g/mol. The standard InChI is InChI=1S/C16H24N2O/c1-12(2)6-5-9-18-16(19)15-11-17-10-13-7-3-4-8-14(13)15/h3-4,7-8,12,15,17H,5-6,9-11H2,1-2H3,(H,18,19). The van der Waals surface area contributed by atoms with E-state index < -0.39 is 0 Å². The molecule has 0 spiro atoms. The fourth-order valence-electron chi connectivity index (χ4n) is 2.58. The molecule has 1 heterocycles. The van der Waals surface area contributed by atoms with E-state index in [1.165, 1.54) is 17.5 Å². The van der Waals surface area contributed by atoms with Crippen LogP contribution in [0.15, 0.2) is 24.3 Å². The van der Waals surface area contributed by atoms with Gasteiger partial charge in [0.25, 0.3) is 0 Å². The first kappa shape index (κ1) is 14.1. The molecule has 0 fully saturated rings. The van der Waals surface area contributed by atoms with Gasteiger partial charge in [-0.1, -0.05) is 38.1 Å². The van der Waals surface area contributed by atoms with Crippen molar-refractivity contribution in [3.8, 4) is 0 Å². The smallest absolute Gasteiger partial charge is 0.228 e. The largest absolute Gasteiger partial charge is 0.356 e. The maximum absolute atomic E-state index is 12.3. The molecule has 1 amide bonds. The van der Waals surface area contributed by atoms with Crippen molar-refractivity contribution in [2.45, 2.75) is 39.2 Å². The van der Waals surface area contributed by atoms with E-state index in [-0.39, 0.29) is 11.8 Å². The Labute approximate surface area is 115 Å². The van der Waals surface area contributed by atoms with Crippen LogP contribution in [0.4, 0.5) is 0 Å². The van der Waals surface area contributed by atoms with Crippen LogP contribution in [0.3, 0.4) is 0 Å². The molecule has 3 nitrogen and oxygen atoms in total. The molecule has 1 aliphatic heterocycles. The van der Waals surface area contributed by atoms with E-state index in [0.29, 0.717) is 5.92 Å². The Morgan fingerprint density at radius 3 is 3.00 bits per heavy atom. The molecule has 104 valence electrons. The van der Waals surface area contributed by atoms with E-state index in [1.807, 2.05) is 12.1 Å². The molecule has 0 bridgehead atoms. The molecule has 0 radical (unpaired) electrons. The van der Waals surface area contributed by atoms with Gasteiger partial charge in [-0.15, -0.1) is 0 Å². The topological polar surface area (TPSA) is 41.1 Å². The average Bonchev–Trinajstić information content (AvgIpc) is 2.42. The Kier molecular flexibility index (Phi) is 4.97. The third kappa shape index (κ3) is 3.80. The van der Waals surface area contributed by atoms with Gasteiger partial charge >= 0.3 is 0 Å². The summed E-state index contributed by atoms with van der Waals surface area (Å²) in [5.74, 6) is 0.821. The summed E-state index contributed by atoms with van der Waals surface area (Å²) in [6.45, 7) is 6.82. The number of rotatable bonds is 5. The van der Waals surface area contributed by atoms with Crippen LogP contribution < -0.4 is 10.6 Å². The number of benzene rings is 1. The Morgan fingerprint density at radius 1 is 1.42 bits per heavy atom. The zero-order valence-corrected chi connectivity index (χ0v) is 11.9. The van der Waals surface area contributed by atoms with Gasteiger partial charge in [0.05, 0.1) is 5.92 Å². The van der Waals surface area contributed by atoms with Crippen LogP contribution in [0.1, 0.15) is 43.7 Å². The number of hydrogen-bond acceptors (Lipinski definition) is 2. The van der Waals surface area contributed by atoms with Crippen molar-refractivity contribution in [3.05, 3.63) is 35.4 Å². The van der Waals surface area contributed by atoms with Gasteiger partial charge < -0.3 is 10.6 Å². The van der Waals surface area contributed by atoms with Gasteiger partial charge in [-0.05, 0) is 29.9 Å². The summed E-state index contributed by atoms with van der Waals surface area (Å²) in [6.07, 6.45) is 2.23. The third-order valence-electron chi connectivity index (χ3n) is 3.67. The first-order valence-electron chi connectivity index (χ1n) is 7.24. The quantitative estimate of drug-likeness (QED) is 0.798. The Morgan fingerprint density at radius 2 is 2.21 bits per heavy atom. The highest BCUT2D eigenvalue weighted by Crippen LogP contribution is 2.23. The van der Waals surface area contributed by atoms with Crippen molar-refractivity contribution in [3.63, 3.8) is 0 Å². The number of amides is 1. The van der Waals surface area contributed by atoms with Crippen LogP contribution >= 0.6 is 0 Å². The lowest BCUT2D eigenvalue weighted by molar-refractivity contribution is -0.122. The van der Waals surface area contributed by atoms with E-state index in [4.69, 9.17) is 0 Å². The van der Waals surface area contributed by atoms with Crippen LogP contribution in [0.5, 0.6) is 0 Å². The molecular formula is C16H24N2O. The van der Waals surface area contributed by atoms with Crippen molar-refractivity contribution < 1.29 is 4.79 Å². The van der Waals surface area contributed by atoms with Gasteiger partial charge in [0, 0.05) is 19.6 Å². The second-order valence-corrected chi connectivity index (χ2v) is 5.71. The van der Waals surface area contributed by atoms with Crippen LogP contribution in [0.2, 0.25) is 0 Å². The molecule has 0 aromatic heterocycles. The van der Waals surface area contributed by atoms with Crippen LogP contribution in [-0.4, -0.2) is 19.0 Å². The number of carbonyl (C=O) groups excluding carboxylic acids is 1. The molecule has 1 aromatic carbocycles. The minimum absolute atomic E-state index is 0.0380. The maximum Gasteiger partial charge on any atom is 0.228 e. The summed E-state index contributed by atoms with van der Waals surface area (Å²) in [6, 6.07) is 8.22. The highest BCUT2D eigenvalue weighted by Gasteiger charge is 2.25. The van der Waals surface area contributed by atoms with Crippen molar-refractivity contribution in [1.82, 2.24) is 10.6 Å². The predicted molar refractivity (Wildman–Crippen MR) is 78.0 cm³/mol. The summed E-state index contributed by atoms with van der Waals surface area (Å²) in [5, 5.41) is 6.39. The van der Waals surface area contributed by atoms with Crippen molar-refractivity contribution in [1.29, 1.82) is 0 Å². The fraction of sp³-hybridized carbons (Fsp3) is 0.562. The molecule has 1 atom stereocenters. The second-order valence-electron chi connectivity index (χ2n) is 5.71. The van der Waals surface area contributed by atoms with Gasteiger partial charge in [0.2, 0.25) is 5.91 Å². The maximum atomic E-state index is 12.3. The lowest BCUT2D eigenvalue weighted by Gasteiger charge is -2.25. The molecule has 1 aliphatic rings. The molecule has 0 aliphatic carbocycles. The summed E-state index contributed by atoms with van der Waals surface area (Å²) >= 11 is 0. The summed E-state index contributed by atoms with van der Waals surface area (Å²) in [4.78, 5) is 12.3. The second kappa shape index (κ2) is 6.71. The lowest BCUT2D eigenvalue weighted by Crippen LogP contribution is -2.39. The van der Waals surface area contributed by atoms with Crippen LogP contribution in [0, 0.1) is 5.92 Å². The fourth-order valence-corrected chi connectivity index (χ4v) is 2.58. The molecular weight excluding hydrogens is 236 g/mol.